The molecule has 2 aliphatic heterocycles. The van der Waals surface area contributed by atoms with Crippen LogP contribution in [0.4, 0.5) is 0 Å². The Morgan fingerprint density at radius 3 is 2.64 bits per heavy atom. The minimum absolute atomic E-state index is 0.248. The quantitative estimate of drug-likeness (QED) is 0.786. The van der Waals surface area contributed by atoms with Gasteiger partial charge in [0, 0.05) is 29.5 Å². The van der Waals surface area contributed by atoms with Crippen LogP contribution >= 0.6 is 0 Å². The van der Waals surface area contributed by atoms with Crippen molar-refractivity contribution in [2.24, 2.45) is 0 Å². The second-order valence-electron chi connectivity index (χ2n) is 8.44. The lowest BCUT2D eigenvalue weighted by atomic mass is 9.82. The molecule has 25 heavy (non-hydrogen) atoms. The molecule has 0 aromatic carbocycles. The highest BCUT2D eigenvalue weighted by atomic mass is 16.1. The molecule has 2 saturated heterocycles. The molecule has 3 atom stereocenters. The van der Waals surface area contributed by atoms with Crippen LogP contribution in [0.3, 0.4) is 0 Å². The van der Waals surface area contributed by atoms with E-state index in [0.717, 1.165) is 37.3 Å². The Hall–Kier alpha value is -1.61. The van der Waals surface area contributed by atoms with Gasteiger partial charge in [-0.15, -0.1) is 0 Å². The smallest absolute Gasteiger partial charge is 0.258 e. The summed E-state index contributed by atoms with van der Waals surface area (Å²) in [5.74, 6) is 0. The minimum Gasteiger partial charge on any atom is -0.312 e. The van der Waals surface area contributed by atoms with E-state index in [-0.39, 0.29) is 5.56 Å². The number of rotatable bonds is 1. The standard InChI is InChI=1S/C22H28N2O/c1-23-17-9-5-10-18(23)13-19(12-17)24-14-16-8-4-7-15-6-2-3-11-20(21(15)16)22(24)25/h2-3,11,14,17-19H,4-10,12-13H2,1H3/t17-,18+,19+. The summed E-state index contributed by atoms with van der Waals surface area (Å²) in [7, 11) is 2.29. The third-order valence-corrected chi connectivity index (χ3v) is 7.10. The molecule has 3 heteroatoms. The predicted molar refractivity (Wildman–Crippen MR) is 102 cm³/mol. The molecular formula is C22H28N2O. The van der Waals surface area contributed by atoms with Crippen molar-refractivity contribution in [1.29, 1.82) is 0 Å². The second-order valence-corrected chi connectivity index (χ2v) is 8.44. The number of piperidine rings is 2. The minimum atomic E-state index is 0.248. The van der Waals surface area contributed by atoms with Gasteiger partial charge in [-0.25, -0.2) is 0 Å². The number of aryl methyl sites for hydroxylation is 1. The summed E-state index contributed by atoms with van der Waals surface area (Å²) in [6, 6.07) is 1.70. The molecule has 0 amide bonds. The SMILES string of the molecule is CN1[C@@H]2CCC[C@H]1C[C@@H](n1cc3c4c(c1=O)=CC=CCC=4CCC3)C2. The fourth-order valence-corrected chi connectivity index (χ4v) is 5.75. The lowest BCUT2D eigenvalue weighted by molar-refractivity contribution is 0.0390. The van der Waals surface area contributed by atoms with E-state index >= 15 is 0 Å². The van der Waals surface area contributed by atoms with Crippen LogP contribution in [0.2, 0.25) is 0 Å². The van der Waals surface area contributed by atoms with Gasteiger partial charge in [-0.3, -0.25) is 4.79 Å². The fraction of sp³-hybridized carbons (Fsp3) is 0.591. The molecule has 0 unspecified atom stereocenters. The van der Waals surface area contributed by atoms with Gasteiger partial charge in [0.25, 0.3) is 5.56 Å². The van der Waals surface area contributed by atoms with Gasteiger partial charge in [-0.2, -0.15) is 0 Å². The average molecular weight is 336 g/mol. The fourth-order valence-electron chi connectivity index (χ4n) is 5.75. The highest BCUT2D eigenvalue weighted by Crippen LogP contribution is 2.37. The molecular weight excluding hydrogens is 308 g/mol. The molecule has 0 saturated carbocycles. The number of nitrogens with zero attached hydrogens (tertiary/aromatic N) is 2. The van der Waals surface area contributed by atoms with E-state index < -0.39 is 0 Å². The van der Waals surface area contributed by atoms with Crippen LogP contribution in [-0.2, 0) is 6.42 Å². The maximum atomic E-state index is 13.4. The van der Waals surface area contributed by atoms with E-state index in [1.807, 2.05) is 0 Å². The van der Waals surface area contributed by atoms with Crippen molar-refractivity contribution >= 4 is 11.6 Å². The summed E-state index contributed by atoms with van der Waals surface area (Å²) < 4.78 is 2.13. The second kappa shape index (κ2) is 5.98. The van der Waals surface area contributed by atoms with Crippen molar-refractivity contribution in [2.45, 2.75) is 75.9 Å². The number of aromatic nitrogens is 1. The van der Waals surface area contributed by atoms with Crippen molar-refractivity contribution < 1.29 is 0 Å². The van der Waals surface area contributed by atoms with Crippen LogP contribution in [0.5, 0.6) is 0 Å². The van der Waals surface area contributed by atoms with Crippen molar-refractivity contribution in [1.82, 2.24) is 9.47 Å². The average Bonchev–Trinajstić information content (AvgIpc) is 2.82. The van der Waals surface area contributed by atoms with Gasteiger partial charge in [0.1, 0.15) is 0 Å². The first kappa shape index (κ1) is 15.6. The first-order chi connectivity index (χ1) is 12.2. The molecule has 2 bridgehead atoms. The van der Waals surface area contributed by atoms with E-state index in [2.05, 4.69) is 40.9 Å². The molecule has 4 aliphatic rings. The third-order valence-electron chi connectivity index (χ3n) is 7.10. The molecule has 3 nitrogen and oxygen atoms in total. The van der Waals surface area contributed by atoms with Gasteiger partial charge in [-0.1, -0.05) is 24.1 Å². The molecule has 2 fully saturated rings. The number of fused-ring (bicyclic) bond motifs is 2. The summed E-state index contributed by atoms with van der Waals surface area (Å²) in [6.45, 7) is 0. The van der Waals surface area contributed by atoms with Gasteiger partial charge in [0.05, 0.1) is 0 Å². The Labute approximate surface area is 149 Å². The number of hydrogen-bond acceptors (Lipinski definition) is 2. The van der Waals surface area contributed by atoms with Crippen LogP contribution in [0.25, 0.3) is 11.6 Å². The highest BCUT2D eigenvalue weighted by molar-refractivity contribution is 5.56. The summed E-state index contributed by atoms with van der Waals surface area (Å²) in [5.41, 5.74) is 3.14. The zero-order valence-electron chi connectivity index (χ0n) is 15.2. The lowest BCUT2D eigenvalue weighted by Crippen LogP contribution is -2.54. The highest BCUT2D eigenvalue weighted by Gasteiger charge is 2.37. The molecule has 1 aromatic heterocycles. The van der Waals surface area contributed by atoms with Gasteiger partial charge < -0.3 is 9.47 Å². The summed E-state index contributed by atoms with van der Waals surface area (Å²) in [5, 5.41) is 2.26. The molecule has 3 heterocycles. The first-order valence-electron chi connectivity index (χ1n) is 10.1. The van der Waals surface area contributed by atoms with Crippen LogP contribution < -0.4 is 16.0 Å². The number of allylic oxidation sites excluding steroid dienone is 2. The van der Waals surface area contributed by atoms with Gasteiger partial charge in [-0.05, 0) is 75.3 Å². The van der Waals surface area contributed by atoms with Crippen LogP contribution in [-0.4, -0.2) is 28.6 Å². The lowest BCUT2D eigenvalue weighted by Gasteiger charge is -2.47. The van der Waals surface area contributed by atoms with E-state index in [4.69, 9.17) is 0 Å². The molecule has 2 aliphatic carbocycles. The van der Waals surface area contributed by atoms with E-state index in [0.29, 0.717) is 18.1 Å². The Kier molecular flexibility index (Phi) is 3.74. The third kappa shape index (κ3) is 2.47. The Morgan fingerprint density at radius 2 is 1.84 bits per heavy atom. The normalized spacial score (nSPS) is 31.2. The maximum absolute atomic E-state index is 13.4. The molecule has 0 spiro atoms. The summed E-state index contributed by atoms with van der Waals surface area (Å²) >= 11 is 0. The van der Waals surface area contributed by atoms with Crippen LogP contribution in [0.15, 0.2) is 23.1 Å². The van der Waals surface area contributed by atoms with Crippen molar-refractivity contribution in [3.63, 3.8) is 0 Å². The zero-order valence-corrected chi connectivity index (χ0v) is 15.2. The zero-order chi connectivity index (χ0) is 17.0. The monoisotopic (exact) mass is 336 g/mol. The molecule has 132 valence electrons. The van der Waals surface area contributed by atoms with Gasteiger partial charge in [0.2, 0.25) is 0 Å². The Morgan fingerprint density at radius 1 is 1.04 bits per heavy atom. The van der Waals surface area contributed by atoms with E-state index in [1.165, 1.54) is 42.0 Å². The van der Waals surface area contributed by atoms with E-state index in [1.54, 1.807) is 0 Å². The van der Waals surface area contributed by atoms with Crippen molar-refractivity contribution in [2.75, 3.05) is 7.05 Å². The predicted octanol–water partition coefficient (Wildman–Crippen LogP) is 2.26. The maximum Gasteiger partial charge on any atom is 0.258 e. The molecule has 1 aromatic rings. The largest absolute Gasteiger partial charge is 0.312 e. The first-order valence-corrected chi connectivity index (χ1v) is 10.1. The topological polar surface area (TPSA) is 25.2 Å². The Balaban J connectivity index is 1.66. The summed E-state index contributed by atoms with van der Waals surface area (Å²) in [4.78, 5) is 16.0. The molecule has 0 N–H and O–H groups in total. The van der Waals surface area contributed by atoms with E-state index in [9.17, 15) is 4.79 Å². The van der Waals surface area contributed by atoms with Crippen molar-refractivity contribution in [3.8, 4) is 0 Å². The number of hydrogen-bond donors (Lipinski definition) is 0. The molecule has 5 rings (SSSR count). The van der Waals surface area contributed by atoms with Gasteiger partial charge in [0.15, 0.2) is 0 Å². The summed E-state index contributed by atoms with van der Waals surface area (Å²) in [6.07, 6.45) is 19.4. The number of pyridine rings is 1. The van der Waals surface area contributed by atoms with Crippen LogP contribution in [0.1, 0.15) is 63.0 Å². The molecule has 0 radical (unpaired) electrons. The van der Waals surface area contributed by atoms with Crippen LogP contribution in [0, 0.1) is 0 Å². The van der Waals surface area contributed by atoms with Crippen molar-refractivity contribution in [3.05, 3.63) is 44.7 Å². The van der Waals surface area contributed by atoms with Gasteiger partial charge >= 0.3 is 0 Å². The Bertz CT molecular complexity index is 893.